The molecule has 52 heavy (non-hydrogen) atoms. The van der Waals surface area contributed by atoms with Crippen LogP contribution in [0.15, 0.2) is 41.3 Å². The number of piperidine rings is 1. The molecule has 6 rings (SSSR count). The molecule has 1 saturated carbocycles. The van der Waals surface area contributed by atoms with Crippen molar-refractivity contribution >= 4 is 11.9 Å². The Morgan fingerprint density at radius 2 is 1.63 bits per heavy atom. The molecule has 2 fully saturated rings. The Hall–Kier alpha value is -3.92. The van der Waals surface area contributed by atoms with E-state index in [-0.39, 0.29) is 17.9 Å². The SMILES string of the molecule is Cc1cc(C)c(-c2cc([C@H](CC(=O)O)NC(=O)[C@H](CC(C)C)n3cc(C4CCN(CC5CC5)CC4)c(C(F)(F)F)cc3=O)cc3c2CCC3)c(C)c1. The van der Waals surface area contributed by atoms with E-state index in [4.69, 9.17) is 0 Å². The summed E-state index contributed by atoms with van der Waals surface area (Å²) in [7, 11) is 0. The summed E-state index contributed by atoms with van der Waals surface area (Å²) in [6, 6.07) is 6.87. The van der Waals surface area contributed by atoms with Crippen LogP contribution in [0.25, 0.3) is 11.1 Å². The lowest BCUT2D eigenvalue weighted by Crippen LogP contribution is -2.41. The number of benzene rings is 2. The molecule has 1 amide bonds. The van der Waals surface area contributed by atoms with Gasteiger partial charge in [0.15, 0.2) is 0 Å². The summed E-state index contributed by atoms with van der Waals surface area (Å²) in [5.41, 5.74) is 6.76. The molecule has 2 N–H and O–H groups in total. The van der Waals surface area contributed by atoms with Crippen molar-refractivity contribution in [3.63, 3.8) is 0 Å². The van der Waals surface area contributed by atoms with Crippen LogP contribution in [0, 0.1) is 32.6 Å². The summed E-state index contributed by atoms with van der Waals surface area (Å²) in [5.74, 6) is -1.49. The number of hydrogen-bond donors (Lipinski definition) is 2. The summed E-state index contributed by atoms with van der Waals surface area (Å²) in [6.45, 7) is 12.3. The zero-order valence-electron chi connectivity index (χ0n) is 31.0. The fourth-order valence-corrected chi connectivity index (χ4v) is 8.72. The van der Waals surface area contributed by atoms with E-state index in [1.165, 1.54) is 29.2 Å². The molecule has 7 nitrogen and oxygen atoms in total. The lowest BCUT2D eigenvalue weighted by molar-refractivity contribution is -0.139. The predicted molar refractivity (Wildman–Crippen MR) is 197 cm³/mol. The van der Waals surface area contributed by atoms with E-state index < -0.39 is 53.6 Å². The number of fused-ring (bicyclic) bond motifs is 1. The molecule has 1 aliphatic heterocycles. The van der Waals surface area contributed by atoms with Crippen LogP contribution in [-0.2, 0) is 28.6 Å². The molecule has 280 valence electrons. The van der Waals surface area contributed by atoms with Crippen molar-refractivity contribution in [3.8, 4) is 11.1 Å². The van der Waals surface area contributed by atoms with Gasteiger partial charge in [-0.25, -0.2) is 0 Å². The highest BCUT2D eigenvalue weighted by Crippen LogP contribution is 2.41. The summed E-state index contributed by atoms with van der Waals surface area (Å²) < 4.78 is 44.5. The molecule has 1 saturated heterocycles. The second-order valence-electron chi connectivity index (χ2n) is 16.0. The molecule has 0 spiro atoms. The molecule has 2 aromatic carbocycles. The van der Waals surface area contributed by atoms with Crippen LogP contribution >= 0.6 is 0 Å². The van der Waals surface area contributed by atoms with E-state index >= 15 is 0 Å². The van der Waals surface area contributed by atoms with E-state index in [0.29, 0.717) is 43.5 Å². The molecule has 2 aliphatic carbocycles. The number of carboxylic acids is 1. The van der Waals surface area contributed by atoms with Crippen molar-refractivity contribution in [2.24, 2.45) is 11.8 Å². The highest BCUT2D eigenvalue weighted by Gasteiger charge is 2.39. The molecule has 2 atom stereocenters. The third-order valence-corrected chi connectivity index (χ3v) is 11.3. The number of carboxylic acid groups (broad SMARTS) is 1. The van der Waals surface area contributed by atoms with Crippen LogP contribution in [-0.4, -0.2) is 46.1 Å². The normalized spacial score (nSPS) is 18.0. The molecule has 10 heteroatoms. The van der Waals surface area contributed by atoms with Gasteiger partial charge in [0.05, 0.1) is 18.0 Å². The number of aryl methyl sites for hydroxylation is 4. The summed E-state index contributed by atoms with van der Waals surface area (Å²) in [6.07, 6.45) is 2.56. The Morgan fingerprint density at radius 1 is 0.962 bits per heavy atom. The number of nitrogens with zero attached hydrogens (tertiary/aromatic N) is 2. The quantitative estimate of drug-likeness (QED) is 0.196. The highest BCUT2D eigenvalue weighted by molar-refractivity contribution is 5.82. The summed E-state index contributed by atoms with van der Waals surface area (Å²) >= 11 is 0. The topological polar surface area (TPSA) is 91.6 Å². The highest BCUT2D eigenvalue weighted by atomic mass is 19.4. The zero-order valence-corrected chi connectivity index (χ0v) is 31.0. The Morgan fingerprint density at radius 3 is 2.23 bits per heavy atom. The summed E-state index contributed by atoms with van der Waals surface area (Å²) in [5, 5.41) is 13.0. The molecule has 0 unspecified atom stereocenters. The summed E-state index contributed by atoms with van der Waals surface area (Å²) in [4.78, 5) is 42.5. The fourth-order valence-electron chi connectivity index (χ4n) is 8.72. The Labute approximate surface area is 304 Å². The average molecular weight is 720 g/mol. The van der Waals surface area contributed by atoms with Gasteiger partial charge in [-0.1, -0.05) is 37.6 Å². The maximum absolute atomic E-state index is 14.4. The first-order chi connectivity index (χ1) is 24.6. The smallest absolute Gasteiger partial charge is 0.416 e. The minimum Gasteiger partial charge on any atom is -0.481 e. The molecular weight excluding hydrogens is 667 g/mol. The first-order valence-electron chi connectivity index (χ1n) is 18.9. The van der Waals surface area contributed by atoms with Crippen molar-refractivity contribution in [1.29, 1.82) is 0 Å². The van der Waals surface area contributed by atoms with E-state index in [2.05, 4.69) is 43.1 Å². The van der Waals surface area contributed by atoms with Crippen molar-refractivity contribution in [3.05, 3.63) is 91.4 Å². The maximum Gasteiger partial charge on any atom is 0.416 e. The van der Waals surface area contributed by atoms with E-state index in [9.17, 15) is 32.7 Å². The van der Waals surface area contributed by atoms with E-state index in [1.54, 1.807) is 0 Å². The van der Waals surface area contributed by atoms with Gasteiger partial charge in [0.2, 0.25) is 5.91 Å². The van der Waals surface area contributed by atoms with Gasteiger partial charge >= 0.3 is 12.1 Å². The van der Waals surface area contributed by atoms with Crippen molar-refractivity contribution in [2.45, 2.75) is 117 Å². The molecule has 3 aliphatic rings. The number of carbonyl (C=O) groups is 2. The van der Waals surface area contributed by atoms with E-state index in [1.807, 2.05) is 26.0 Å². The minimum atomic E-state index is -4.72. The molecule has 1 aromatic heterocycles. The molecule has 0 bridgehead atoms. The first kappa shape index (κ1) is 37.8. The second kappa shape index (κ2) is 15.2. The molecule has 3 aromatic rings. The van der Waals surface area contributed by atoms with Crippen LogP contribution in [0.3, 0.4) is 0 Å². The number of halogens is 3. The van der Waals surface area contributed by atoms with Crippen LogP contribution < -0.4 is 10.9 Å². The molecular formula is C42H52F3N3O4. The fraction of sp³-hybridized carbons (Fsp3) is 0.548. The van der Waals surface area contributed by atoms with Gasteiger partial charge in [0.1, 0.15) is 6.04 Å². The minimum absolute atomic E-state index is 0.0499. The van der Waals surface area contributed by atoms with Gasteiger partial charge in [-0.2, -0.15) is 13.2 Å². The lowest BCUT2D eigenvalue weighted by Gasteiger charge is -2.34. The van der Waals surface area contributed by atoms with Gasteiger partial charge in [0.25, 0.3) is 5.56 Å². The number of carbonyl (C=O) groups excluding carboxylic acids is 1. The molecule has 2 heterocycles. The Balaban J connectivity index is 1.36. The van der Waals surface area contributed by atoms with Crippen molar-refractivity contribution < 1.29 is 27.9 Å². The zero-order chi connectivity index (χ0) is 37.5. The number of aromatic nitrogens is 1. The number of alkyl halides is 3. The van der Waals surface area contributed by atoms with Crippen LogP contribution in [0.2, 0.25) is 0 Å². The number of amides is 1. The third kappa shape index (κ3) is 8.48. The maximum atomic E-state index is 14.4. The van der Waals surface area contributed by atoms with Gasteiger partial charge in [-0.15, -0.1) is 0 Å². The van der Waals surface area contributed by atoms with E-state index in [0.717, 1.165) is 59.2 Å². The van der Waals surface area contributed by atoms with Gasteiger partial charge < -0.3 is 19.9 Å². The third-order valence-electron chi connectivity index (χ3n) is 11.3. The number of nitrogens with one attached hydrogen (secondary N) is 1. The van der Waals surface area contributed by atoms with Crippen LogP contribution in [0.5, 0.6) is 0 Å². The number of pyridine rings is 1. The number of rotatable bonds is 12. The first-order valence-corrected chi connectivity index (χ1v) is 18.9. The van der Waals surface area contributed by atoms with Crippen molar-refractivity contribution in [2.75, 3.05) is 19.6 Å². The Kier molecular flexibility index (Phi) is 11.1. The monoisotopic (exact) mass is 719 g/mol. The standard InChI is InChI=1S/C42H52F3N3O4/c1-24(2)15-37(48-23-34(35(20-38(48)49)42(43,44)45)29-11-13-47(14-12-29)22-28-9-10-28)41(52)46-36(21-39(50)51)31-18-30-7-6-8-32(30)33(19-31)40-26(4)16-25(3)17-27(40)5/h16-20,23-24,28-29,36-37H,6-15,21-22H2,1-5H3,(H,46,52)(H,50,51)/t36-,37-/m0/s1. The van der Waals surface area contributed by atoms with Gasteiger partial charge in [-0.05, 0) is 154 Å². The number of likely N-dealkylation sites (tertiary alicyclic amines) is 1. The van der Waals surface area contributed by atoms with Gasteiger partial charge in [-0.3, -0.25) is 14.4 Å². The Bertz CT molecular complexity index is 1860. The predicted octanol–water partition coefficient (Wildman–Crippen LogP) is 8.46. The average Bonchev–Trinajstić information content (AvgIpc) is 3.74. The second-order valence-corrected chi connectivity index (χ2v) is 16.0. The largest absolute Gasteiger partial charge is 0.481 e. The van der Waals surface area contributed by atoms with Crippen molar-refractivity contribution in [1.82, 2.24) is 14.8 Å². The number of aliphatic carboxylic acids is 1. The van der Waals surface area contributed by atoms with Gasteiger partial charge in [0, 0.05) is 18.8 Å². The van der Waals surface area contributed by atoms with Crippen LogP contribution in [0.1, 0.15) is 121 Å². The van der Waals surface area contributed by atoms with Crippen LogP contribution in [0.4, 0.5) is 13.2 Å². The molecule has 0 radical (unpaired) electrons. The number of hydrogen-bond acceptors (Lipinski definition) is 4. The lowest BCUT2D eigenvalue weighted by atomic mass is 9.86.